The van der Waals surface area contributed by atoms with Gasteiger partial charge in [-0.2, -0.15) is 5.10 Å². The van der Waals surface area contributed by atoms with E-state index in [1.165, 1.54) is 0 Å². The molecule has 18 heavy (non-hydrogen) atoms. The summed E-state index contributed by atoms with van der Waals surface area (Å²) in [6, 6.07) is 0. The fraction of sp³-hybridized carbons (Fsp3) is 0.692. The number of aryl methyl sites for hydroxylation is 2. The third-order valence-electron chi connectivity index (χ3n) is 2.95. The lowest BCUT2D eigenvalue weighted by molar-refractivity contribution is 0.0431. The molecule has 0 aromatic carbocycles. The molecular weight excluding hydrogens is 230 g/mol. The van der Waals surface area contributed by atoms with Crippen molar-refractivity contribution in [2.75, 3.05) is 12.3 Å². The number of esters is 1. The summed E-state index contributed by atoms with van der Waals surface area (Å²) >= 11 is 0. The van der Waals surface area contributed by atoms with Crippen molar-refractivity contribution < 1.29 is 9.53 Å². The lowest BCUT2D eigenvalue weighted by Gasteiger charge is -2.11. The number of carbonyl (C=O) groups is 1. The number of rotatable bonds is 6. The van der Waals surface area contributed by atoms with Crippen LogP contribution in [-0.2, 0) is 11.3 Å². The Kier molecular flexibility index (Phi) is 5.19. The molecule has 1 atom stereocenters. The summed E-state index contributed by atoms with van der Waals surface area (Å²) in [6.45, 7) is 8.93. The quantitative estimate of drug-likeness (QED) is 0.790. The van der Waals surface area contributed by atoms with Crippen molar-refractivity contribution in [3.05, 3.63) is 11.4 Å². The molecule has 1 unspecified atom stereocenters. The zero-order valence-electron chi connectivity index (χ0n) is 11.7. The Balaban J connectivity index is 2.72. The summed E-state index contributed by atoms with van der Waals surface area (Å²) in [5.41, 5.74) is 7.33. The first kappa shape index (κ1) is 14.5. The maximum atomic E-state index is 12.0. The Hall–Kier alpha value is -1.52. The summed E-state index contributed by atoms with van der Waals surface area (Å²) in [4.78, 5) is 12.0. The maximum Gasteiger partial charge on any atom is 0.358 e. The third-order valence-corrected chi connectivity index (χ3v) is 2.95. The van der Waals surface area contributed by atoms with E-state index >= 15 is 0 Å². The zero-order chi connectivity index (χ0) is 13.7. The van der Waals surface area contributed by atoms with Gasteiger partial charge in [0.1, 0.15) is 0 Å². The number of hydrogen-bond donors (Lipinski definition) is 1. The zero-order valence-corrected chi connectivity index (χ0v) is 11.7. The minimum atomic E-state index is -0.377. The van der Waals surface area contributed by atoms with Crippen LogP contribution in [0, 0.1) is 12.8 Å². The minimum Gasteiger partial charge on any atom is -0.461 e. The number of aromatic nitrogens is 2. The van der Waals surface area contributed by atoms with Gasteiger partial charge in [0.05, 0.1) is 18.0 Å². The predicted molar refractivity (Wildman–Crippen MR) is 71.4 cm³/mol. The van der Waals surface area contributed by atoms with Gasteiger partial charge in [0.2, 0.25) is 0 Å². The number of nitrogens with zero attached hydrogens (tertiary/aromatic N) is 2. The van der Waals surface area contributed by atoms with E-state index in [2.05, 4.69) is 18.9 Å². The maximum absolute atomic E-state index is 12.0. The molecule has 102 valence electrons. The van der Waals surface area contributed by atoms with E-state index in [-0.39, 0.29) is 5.97 Å². The van der Waals surface area contributed by atoms with Crippen LogP contribution in [0.15, 0.2) is 0 Å². The standard InChI is InChI=1S/C13H23N3O2/c1-5-7-9(3)8-18-13(17)12-11(14)10(4)15-16(12)6-2/h9H,5-8,14H2,1-4H3. The van der Waals surface area contributed by atoms with Crippen LogP contribution in [0.1, 0.15) is 49.8 Å². The molecule has 0 amide bonds. The lowest BCUT2D eigenvalue weighted by Crippen LogP contribution is -2.17. The molecule has 0 saturated carbocycles. The SMILES string of the molecule is CCCC(C)COC(=O)c1c(N)c(C)nn1CC. The average molecular weight is 253 g/mol. The van der Waals surface area contributed by atoms with Crippen molar-refractivity contribution in [3.63, 3.8) is 0 Å². The van der Waals surface area contributed by atoms with E-state index < -0.39 is 0 Å². The van der Waals surface area contributed by atoms with Gasteiger partial charge in [-0.3, -0.25) is 4.68 Å². The van der Waals surface area contributed by atoms with E-state index in [1.807, 2.05) is 6.92 Å². The third kappa shape index (κ3) is 3.24. The van der Waals surface area contributed by atoms with Gasteiger partial charge in [-0.15, -0.1) is 0 Å². The van der Waals surface area contributed by atoms with Crippen LogP contribution in [0.25, 0.3) is 0 Å². The number of hydrogen-bond acceptors (Lipinski definition) is 4. The van der Waals surface area contributed by atoms with E-state index in [9.17, 15) is 4.79 Å². The molecule has 0 aliphatic carbocycles. The fourth-order valence-corrected chi connectivity index (χ4v) is 1.90. The number of ether oxygens (including phenoxy) is 1. The Morgan fingerprint density at radius 3 is 2.72 bits per heavy atom. The van der Waals surface area contributed by atoms with Gasteiger partial charge in [-0.05, 0) is 26.2 Å². The van der Waals surface area contributed by atoms with Crippen LogP contribution in [-0.4, -0.2) is 22.4 Å². The molecule has 1 heterocycles. The van der Waals surface area contributed by atoms with Crippen molar-refractivity contribution >= 4 is 11.7 Å². The number of nitrogens with two attached hydrogens (primary N) is 1. The Morgan fingerprint density at radius 2 is 2.17 bits per heavy atom. The van der Waals surface area contributed by atoms with Gasteiger partial charge in [0, 0.05) is 6.54 Å². The molecule has 0 aliphatic heterocycles. The average Bonchev–Trinajstić information content (AvgIpc) is 2.63. The summed E-state index contributed by atoms with van der Waals surface area (Å²) in [5.74, 6) is -0.00262. The second-order valence-corrected chi connectivity index (χ2v) is 4.66. The van der Waals surface area contributed by atoms with Crippen LogP contribution >= 0.6 is 0 Å². The van der Waals surface area contributed by atoms with Gasteiger partial charge in [0.25, 0.3) is 0 Å². The van der Waals surface area contributed by atoms with Gasteiger partial charge in [0.15, 0.2) is 5.69 Å². The molecule has 0 fully saturated rings. The fourth-order valence-electron chi connectivity index (χ4n) is 1.90. The summed E-state index contributed by atoms with van der Waals surface area (Å²) in [7, 11) is 0. The van der Waals surface area contributed by atoms with Crippen LogP contribution in [0.5, 0.6) is 0 Å². The summed E-state index contributed by atoms with van der Waals surface area (Å²) < 4.78 is 6.89. The smallest absolute Gasteiger partial charge is 0.358 e. The molecule has 0 spiro atoms. The molecular formula is C13H23N3O2. The van der Waals surface area contributed by atoms with Gasteiger partial charge in [-0.1, -0.05) is 20.3 Å². The normalized spacial score (nSPS) is 12.4. The molecule has 1 aromatic heterocycles. The molecule has 0 aliphatic rings. The van der Waals surface area contributed by atoms with E-state index in [4.69, 9.17) is 10.5 Å². The lowest BCUT2D eigenvalue weighted by atomic mass is 10.1. The molecule has 5 nitrogen and oxygen atoms in total. The Bertz CT molecular complexity index is 413. The first-order valence-corrected chi connectivity index (χ1v) is 6.51. The molecule has 0 radical (unpaired) electrons. The highest BCUT2D eigenvalue weighted by Gasteiger charge is 2.20. The Labute approximate surface area is 108 Å². The first-order valence-electron chi connectivity index (χ1n) is 6.51. The molecule has 1 rings (SSSR count). The predicted octanol–water partition coefficient (Wildman–Crippen LogP) is 2.39. The highest BCUT2D eigenvalue weighted by molar-refractivity contribution is 5.93. The largest absolute Gasteiger partial charge is 0.461 e. The summed E-state index contributed by atoms with van der Waals surface area (Å²) in [5, 5.41) is 4.20. The molecule has 0 bridgehead atoms. The van der Waals surface area contributed by atoms with Crippen LogP contribution in [0.2, 0.25) is 0 Å². The number of anilines is 1. The Morgan fingerprint density at radius 1 is 1.50 bits per heavy atom. The van der Waals surface area contributed by atoms with Crippen LogP contribution in [0.3, 0.4) is 0 Å². The van der Waals surface area contributed by atoms with Crippen molar-refractivity contribution in [1.29, 1.82) is 0 Å². The van der Waals surface area contributed by atoms with Crippen LogP contribution in [0.4, 0.5) is 5.69 Å². The monoisotopic (exact) mass is 253 g/mol. The van der Waals surface area contributed by atoms with Crippen molar-refractivity contribution in [1.82, 2.24) is 9.78 Å². The van der Waals surface area contributed by atoms with Crippen LogP contribution < -0.4 is 5.73 Å². The molecule has 1 aromatic rings. The van der Waals surface area contributed by atoms with E-state index in [0.29, 0.717) is 36.1 Å². The second kappa shape index (κ2) is 6.42. The first-order chi connectivity index (χ1) is 8.51. The van der Waals surface area contributed by atoms with E-state index in [0.717, 1.165) is 12.8 Å². The molecule has 5 heteroatoms. The number of nitrogen functional groups attached to an aromatic ring is 1. The van der Waals surface area contributed by atoms with E-state index in [1.54, 1.807) is 11.6 Å². The highest BCUT2D eigenvalue weighted by atomic mass is 16.5. The second-order valence-electron chi connectivity index (χ2n) is 4.66. The van der Waals surface area contributed by atoms with Crippen molar-refractivity contribution in [2.24, 2.45) is 5.92 Å². The van der Waals surface area contributed by atoms with Crippen molar-refractivity contribution in [3.8, 4) is 0 Å². The molecule has 2 N–H and O–H groups in total. The minimum absolute atomic E-state index is 0.374. The van der Waals surface area contributed by atoms with Gasteiger partial charge < -0.3 is 10.5 Å². The van der Waals surface area contributed by atoms with Gasteiger partial charge in [-0.25, -0.2) is 4.79 Å². The number of carbonyl (C=O) groups excluding carboxylic acids is 1. The van der Waals surface area contributed by atoms with Crippen molar-refractivity contribution in [2.45, 2.75) is 47.1 Å². The van der Waals surface area contributed by atoms with Gasteiger partial charge >= 0.3 is 5.97 Å². The highest BCUT2D eigenvalue weighted by Crippen LogP contribution is 2.18. The topological polar surface area (TPSA) is 70.1 Å². The molecule has 0 saturated heterocycles. The summed E-state index contributed by atoms with van der Waals surface area (Å²) in [6.07, 6.45) is 2.14.